The highest BCUT2D eigenvalue weighted by Crippen LogP contribution is 2.30. The monoisotopic (exact) mass is 397 g/mol. The van der Waals surface area contributed by atoms with Gasteiger partial charge >= 0.3 is 0 Å². The van der Waals surface area contributed by atoms with Crippen molar-refractivity contribution < 1.29 is 19.1 Å². The molecule has 0 saturated carbocycles. The van der Waals surface area contributed by atoms with E-state index in [0.29, 0.717) is 16.7 Å². The third-order valence-corrected chi connectivity index (χ3v) is 4.76. The van der Waals surface area contributed by atoms with Crippen LogP contribution in [-0.4, -0.2) is 50.5 Å². The van der Waals surface area contributed by atoms with Gasteiger partial charge in [-0.1, -0.05) is 42.1 Å². The van der Waals surface area contributed by atoms with E-state index in [4.69, 9.17) is 9.47 Å². The highest BCUT2D eigenvalue weighted by atomic mass is 32.2. The second-order valence-electron chi connectivity index (χ2n) is 5.77. The smallest absolute Gasteiger partial charge is 0.271 e. The SMILES string of the molecule is O=C(CSc1nnnn1-c1ccccc1)NC(=O)C1COc2ccccc2O1. The Morgan fingerprint density at radius 2 is 1.86 bits per heavy atom. The van der Waals surface area contributed by atoms with Gasteiger partial charge in [0.05, 0.1) is 11.4 Å². The molecule has 142 valence electrons. The predicted molar refractivity (Wildman–Crippen MR) is 99.4 cm³/mol. The lowest BCUT2D eigenvalue weighted by Crippen LogP contribution is -2.46. The number of fused-ring (bicyclic) bond motifs is 1. The molecule has 4 rings (SSSR count). The van der Waals surface area contributed by atoms with Crippen LogP contribution in [0.2, 0.25) is 0 Å². The van der Waals surface area contributed by atoms with Crippen molar-refractivity contribution in [1.29, 1.82) is 0 Å². The summed E-state index contributed by atoms with van der Waals surface area (Å²) < 4.78 is 12.6. The van der Waals surface area contributed by atoms with Crippen molar-refractivity contribution in [3.05, 3.63) is 54.6 Å². The van der Waals surface area contributed by atoms with E-state index in [-0.39, 0.29) is 12.4 Å². The van der Waals surface area contributed by atoms with Gasteiger partial charge in [-0.2, -0.15) is 4.68 Å². The van der Waals surface area contributed by atoms with Crippen LogP contribution >= 0.6 is 11.8 Å². The standard InChI is InChI=1S/C18H15N5O4S/c24-16(11-28-18-20-21-22-23(18)12-6-2-1-3-7-12)19-17(25)15-10-26-13-8-4-5-9-14(13)27-15/h1-9,15H,10-11H2,(H,19,24,25). The number of hydrogen-bond acceptors (Lipinski definition) is 8. The number of ether oxygens (including phenoxy) is 2. The summed E-state index contributed by atoms with van der Waals surface area (Å²) >= 11 is 1.12. The minimum atomic E-state index is -0.890. The summed E-state index contributed by atoms with van der Waals surface area (Å²) in [6, 6.07) is 16.4. The number of imide groups is 1. The molecule has 0 aliphatic carbocycles. The van der Waals surface area contributed by atoms with Crippen molar-refractivity contribution in [2.75, 3.05) is 12.4 Å². The summed E-state index contributed by atoms with van der Waals surface area (Å²) in [4.78, 5) is 24.4. The molecule has 0 radical (unpaired) electrons. The molecular weight excluding hydrogens is 382 g/mol. The number of thioether (sulfide) groups is 1. The van der Waals surface area contributed by atoms with E-state index in [1.165, 1.54) is 4.68 Å². The molecule has 0 bridgehead atoms. The van der Waals surface area contributed by atoms with E-state index in [2.05, 4.69) is 20.8 Å². The van der Waals surface area contributed by atoms with Crippen LogP contribution in [0.3, 0.4) is 0 Å². The number of carbonyl (C=O) groups is 2. The van der Waals surface area contributed by atoms with Gasteiger partial charge in [-0.3, -0.25) is 14.9 Å². The summed E-state index contributed by atoms with van der Waals surface area (Å²) in [6.07, 6.45) is -0.890. The molecular formula is C18H15N5O4S. The number of aromatic nitrogens is 4. The second-order valence-corrected chi connectivity index (χ2v) is 6.72. The van der Waals surface area contributed by atoms with Crippen molar-refractivity contribution in [1.82, 2.24) is 25.5 Å². The van der Waals surface area contributed by atoms with E-state index < -0.39 is 17.9 Å². The van der Waals surface area contributed by atoms with E-state index in [1.807, 2.05) is 36.4 Å². The van der Waals surface area contributed by atoms with E-state index in [0.717, 1.165) is 17.4 Å². The molecule has 2 aromatic carbocycles. The first-order valence-electron chi connectivity index (χ1n) is 8.39. The molecule has 1 atom stereocenters. The van der Waals surface area contributed by atoms with Gasteiger partial charge in [0.2, 0.25) is 17.2 Å². The fourth-order valence-corrected chi connectivity index (χ4v) is 3.22. The zero-order valence-electron chi connectivity index (χ0n) is 14.5. The van der Waals surface area contributed by atoms with E-state index in [1.54, 1.807) is 18.2 Å². The molecule has 1 aliphatic heterocycles. The Balaban J connectivity index is 1.32. The number of para-hydroxylation sites is 3. The van der Waals surface area contributed by atoms with Crippen molar-refractivity contribution in [2.45, 2.75) is 11.3 Å². The minimum Gasteiger partial charge on any atom is -0.485 e. The topological polar surface area (TPSA) is 108 Å². The highest BCUT2D eigenvalue weighted by molar-refractivity contribution is 7.99. The third kappa shape index (κ3) is 3.96. The quantitative estimate of drug-likeness (QED) is 0.641. The first kappa shape index (κ1) is 18.0. The first-order valence-corrected chi connectivity index (χ1v) is 9.38. The summed E-state index contributed by atoms with van der Waals surface area (Å²) in [5, 5.41) is 14.2. The Bertz CT molecular complexity index is 994. The Morgan fingerprint density at radius 1 is 1.11 bits per heavy atom. The van der Waals surface area contributed by atoms with Crippen LogP contribution in [0, 0.1) is 0 Å². The molecule has 0 fully saturated rings. The van der Waals surface area contributed by atoms with Crippen LogP contribution in [0.4, 0.5) is 0 Å². The van der Waals surface area contributed by atoms with Gasteiger partial charge in [-0.05, 0) is 34.7 Å². The van der Waals surface area contributed by atoms with E-state index in [9.17, 15) is 9.59 Å². The number of nitrogens with zero attached hydrogens (tertiary/aromatic N) is 4. The van der Waals surface area contributed by atoms with Crippen LogP contribution in [0.1, 0.15) is 0 Å². The maximum Gasteiger partial charge on any atom is 0.271 e. The van der Waals surface area contributed by atoms with Crippen LogP contribution in [0.15, 0.2) is 59.8 Å². The van der Waals surface area contributed by atoms with Gasteiger partial charge in [0.1, 0.15) is 6.61 Å². The average molecular weight is 397 g/mol. The maximum atomic E-state index is 12.3. The second kappa shape index (κ2) is 8.09. The first-order chi connectivity index (χ1) is 13.7. The van der Waals surface area contributed by atoms with Crippen molar-refractivity contribution in [2.24, 2.45) is 0 Å². The summed E-state index contributed by atoms with van der Waals surface area (Å²) in [7, 11) is 0. The molecule has 2 heterocycles. The lowest BCUT2D eigenvalue weighted by atomic mass is 10.2. The van der Waals surface area contributed by atoms with Gasteiger partial charge in [0, 0.05) is 0 Å². The zero-order valence-corrected chi connectivity index (χ0v) is 15.3. The minimum absolute atomic E-state index is 0.0247. The van der Waals surface area contributed by atoms with Crippen LogP contribution in [0.25, 0.3) is 5.69 Å². The number of amides is 2. The number of hydrogen-bond donors (Lipinski definition) is 1. The van der Waals surface area contributed by atoms with E-state index >= 15 is 0 Å². The number of carbonyl (C=O) groups excluding carboxylic acids is 2. The lowest BCUT2D eigenvalue weighted by Gasteiger charge is -2.25. The predicted octanol–water partition coefficient (Wildman–Crippen LogP) is 1.24. The van der Waals surface area contributed by atoms with Gasteiger partial charge < -0.3 is 9.47 Å². The molecule has 3 aromatic rings. The number of nitrogens with one attached hydrogen (secondary N) is 1. The third-order valence-electron chi connectivity index (χ3n) is 3.84. The molecule has 1 aromatic heterocycles. The Labute approximate surface area is 164 Å². The lowest BCUT2D eigenvalue weighted by molar-refractivity contribution is -0.135. The molecule has 28 heavy (non-hydrogen) atoms. The summed E-state index contributed by atoms with van der Waals surface area (Å²) in [6.45, 7) is 0.0372. The van der Waals surface area contributed by atoms with Gasteiger partial charge in [0.15, 0.2) is 11.5 Å². The zero-order chi connectivity index (χ0) is 19.3. The van der Waals surface area contributed by atoms with Crippen molar-refractivity contribution >= 4 is 23.6 Å². The van der Waals surface area contributed by atoms with Crippen LogP contribution in [-0.2, 0) is 9.59 Å². The number of benzene rings is 2. The van der Waals surface area contributed by atoms with Gasteiger partial charge in [-0.15, -0.1) is 5.10 Å². The number of tetrazole rings is 1. The fourth-order valence-electron chi connectivity index (χ4n) is 2.53. The Hall–Kier alpha value is -3.40. The normalized spacial score (nSPS) is 15.1. The highest BCUT2D eigenvalue weighted by Gasteiger charge is 2.28. The molecule has 1 N–H and O–H groups in total. The van der Waals surface area contributed by atoms with Crippen LogP contribution in [0.5, 0.6) is 11.5 Å². The summed E-state index contributed by atoms with van der Waals surface area (Å²) in [5.41, 5.74) is 0.776. The maximum absolute atomic E-state index is 12.3. The Morgan fingerprint density at radius 3 is 2.68 bits per heavy atom. The molecule has 2 amide bonds. The van der Waals surface area contributed by atoms with Crippen LogP contribution < -0.4 is 14.8 Å². The molecule has 0 saturated heterocycles. The fraction of sp³-hybridized carbons (Fsp3) is 0.167. The molecule has 1 aliphatic rings. The number of rotatable bonds is 5. The molecule has 1 unspecified atom stereocenters. The molecule has 10 heteroatoms. The Kier molecular flexibility index (Phi) is 5.20. The molecule has 9 nitrogen and oxygen atoms in total. The van der Waals surface area contributed by atoms with Gasteiger partial charge in [0.25, 0.3) is 5.91 Å². The van der Waals surface area contributed by atoms with Crippen molar-refractivity contribution in [3.63, 3.8) is 0 Å². The van der Waals surface area contributed by atoms with Crippen molar-refractivity contribution in [3.8, 4) is 17.2 Å². The average Bonchev–Trinajstić information content (AvgIpc) is 3.21. The molecule has 0 spiro atoms. The largest absolute Gasteiger partial charge is 0.485 e. The van der Waals surface area contributed by atoms with Gasteiger partial charge in [-0.25, -0.2) is 0 Å². The summed E-state index contributed by atoms with van der Waals surface area (Å²) in [5.74, 6) is -0.00917.